The van der Waals surface area contributed by atoms with E-state index in [0.717, 1.165) is 16.6 Å². The minimum atomic E-state index is -0.589. The molecule has 0 aliphatic carbocycles. The fourth-order valence-electron chi connectivity index (χ4n) is 1.88. The average Bonchev–Trinajstić information content (AvgIpc) is 2.33. The minimum absolute atomic E-state index is 0.0219. The molecule has 1 aromatic heterocycles. The van der Waals surface area contributed by atoms with Gasteiger partial charge in [0, 0.05) is 11.6 Å². The predicted molar refractivity (Wildman–Crippen MR) is 65.7 cm³/mol. The zero-order chi connectivity index (χ0) is 12.6. The Morgan fingerprint density at radius 3 is 2.59 bits per heavy atom. The van der Waals surface area contributed by atoms with Crippen molar-refractivity contribution < 1.29 is 4.79 Å². The monoisotopic (exact) mass is 231 g/mol. The normalized spacial score (nSPS) is 10.5. The smallest absolute Gasteiger partial charge is 0.270 e. The van der Waals surface area contributed by atoms with Gasteiger partial charge in [-0.1, -0.05) is 12.1 Å². The van der Waals surface area contributed by atoms with E-state index in [1.807, 2.05) is 31.4 Å². The number of nitrogen functional groups attached to an aromatic ring is 1. The van der Waals surface area contributed by atoms with E-state index in [2.05, 4.69) is 4.98 Å². The first-order valence-corrected chi connectivity index (χ1v) is 5.18. The topological polar surface area (TPSA) is 88.0 Å². The van der Waals surface area contributed by atoms with Crippen LogP contribution in [0.3, 0.4) is 0 Å². The third-order valence-corrected chi connectivity index (χ3v) is 2.83. The number of benzene rings is 1. The summed E-state index contributed by atoms with van der Waals surface area (Å²) < 4.78 is 0. The van der Waals surface area contributed by atoms with Crippen LogP contribution in [-0.4, -0.2) is 10.9 Å². The van der Waals surface area contributed by atoms with E-state index < -0.39 is 5.91 Å². The van der Waals surface area contributed by atoms with Crippen molar-refractivity contribution in [3.8, 4) is 0 Å². The maximum absolute atomic E-state index is 12.2. The molecule has 5 heteroatoms. The Balaban J connectivity index is 2.89. The van der Waals surface area contributed by atoms with Gasteiger partial charge in [0.15, 0.2) is 0 Å². The van der Waals surface area contributed by atoms with Gasteiger partial charge in [-0.3, -0.25) is 15.0 Å². The van der Waals surface area contributed by atoms with Crippen LogP contribution >= 0.6 is 0 Å². The number of aromatic amines is 1. The highest BCUT2D eigenvalue weighted by Crippen LogP contribution is 2.17. The zero-order valence-corrected chi connectivity index (χ0v) is 9.63. The number of carbonyl (C=O) groups excluding carboxylic acids is 1. The van der Waals surface area contributed by atoms with Gasteiger partial charge in [0.05, 0.1) is 5.52 Å². The molecule has 88 valence electrons. The predicted octanol–water partition coefficient (Wildman–Crippen LogP) is 0.748. The Bertz CT molecular complexity index is 659. The molecule has 0 saturated carbocycles. The third-order valence-electron chi connectivity index (χ3n) is 2.83. The minimum Gasteiger partial charge on any atom is -0.360 e. The molecular weight excluding hydrogens is 218 g/mol. The molecule has 1 aromatic carbocycles. The van der Waals surface area contributed by atoms with Crippen LogP contribution in [0.1, 0.15) is 21.5 Å². The molecule has 17 heavy (non-hydrogen) atoms. The van der Waals surface area contributed by atoms with Gasteiger partial charge in [0.25, 0.3) is 5.91 Å². The van der Waals surface area contributed by atoms with Crippen LogP contribution in [-0.2, 0) is 0 Å². The zero-order valence-electron chi connectivity index (χ0n) is 9.63. The van der Waals surface area contributed by atoms with Gasteiger partial charge in [-0.2, -0.15) is 0 Å². The molecule has 0 unspecified atom stereocenters. The van der Waals surface area contributed by atoms with Gasteiger partial charge in [-0.15, -0.1) is 0 Å². The molecule has 0 radical (unpaired) electrons. The van der Waals surface area contributed by atoms with Crippen molar-refractivity contribution in [3.63, 3.8) is 0 Å². The van der Waals surface area contributed by atoms with E-state index in [9.17, 15) is 9.59 Å². The van der Waals surface area contributed by atoms with Crippen LogP contribution in [0, 0.1) is 13.8 Å². The molecule has 4 N–H and O–H groups in total. The number of H-pyrrole nitrogens is 1. The number of nitrogens with one attached hydrogen (secondary N) is 2. The van der Waals surface area contributed by atoms with Gasteiger partial charge in [0.2, 0.25) is 5.43 Å². The number of hydrogen-bond acceptors (Lipinski definition) is 3. The summed E-state index contributed by atoms with van der Waals surface area (Å²) in [5, 5.41) is 0.533. The summed E-state index contributed by atoms with van der Waals surface area (Å²) in [6.07, 6.45) is 1.39. The quantitative estimate of drug-likeness (QED) is 0.384. The number of amides is 1. The molecular formula is C12H13N3O2. The summed E-state index contributed by atoms with van der Waals surface area (Å²) in [6, 6.07) is 3.79. The van der Waals surface area contributed by atoms with Crippen LogP contribution in [0.5, 0.6) is 0 Å². The van der Waals surface area contributed by atoms with Crippen LogP contribution < -0.4 is 16.7 Å². The summed E-state index contributed by atoms with van der Waals surface area (Å²) in [6.45, 7) is 3.74. The Kier molecular flexibility index (Phi) is 2.69. The molecule has 0 bridgehead atoms. The highest BCUT2D eigenvalue weighted by atomic mass is 16.2. The van der Waals surface area contributed by atoms with E-state index in [4.69, 9.17) is 5.84 Å². The van der Waals surface area contributed by atoms with Crippen molar-refractivity contribution in [2.24, 2.45) is 5.84 Å². The fraction of sp³-hybridized carbons (Fsp3) is 0.167. The molecule has 1 amide bonds. The van der Waals surface area contributed by atoms with Crippen molar-refractivity contribution in [1.29, 1.82) is 0 Å². The Hall–Kier alpha value is -2.14. The van der Waals surface area contributed by atoms with Crippen molar-refractivity contribution in [2.45, 2.75) is 13.8 Å². The number of nitrogens with two attached hydrogens (primary N) is 1. The first-order valence-electron chi connectivity index (χ1n) is 5.18. The lowest BCUT2D eigenvalue weighted by Gasteiger charge is -2.07. The van der Waals surface area contributed by atoms with Gasteiger partial charge < -0.3 is 4.98 Å². The highest BCUT2D eigenvalue weighted by Gasteiger charge is 2.13. The lowest BCUT2D eigenvalue weighted by atomic mass is 10.0. The molecule has 0 saturated heterocycles. The second-order valence-corrected chi connectivity index (χ2v) is 3.95. The van der Waals surface area contributed by atoms with E-state index >= 15 is 0 Å². The van der Waals surface area contributed by atoms with Gasteiger partial charge in [-0.25, -0.2) is 5.84 Å². The second kappa shape index (κ2) is 4.03. The Labute approximate surface area is 97.6 Å². The lowest BCUT2D eigenvalue weighted by molar-refractivity contribution is 0.0952. The second-order valence-electron chi connectivity index (χ2n) is 3.95. The van der Waals surface area contributed by atoms with Crippen LogP contribution in [0.25, 0.3) is 10.9 Å². The van der Waals surface area contributed by atoms with Crippen LogP contribution in [0.4, 0.5) is 0 Å². The molecule has 0 aliphatic heterocycles. The maximum Gasteiger partial charge on any atom is 0.270 e. The Morgan fingerprint density at radius 1 is 1.29 bits per heavy atom. The summed E-state index contributed by atoms with van der Waals surface area (Å²) >= 11 is 0. The number of aryl methyl sites for hydroxylation is 2. The summed E-state index contributed by atoms with van der Waals surface area (Å²) in [7, 11) is 0. The van der Waals surface area contributed by atoms with E-state index in [1.165, 1.54) is 6.20 Å². The van der Waals surface area contributed by atoms with Crippen LogP contribution in [0.2, 0.25) is 0 Å². The van der Waals surface area contributed by atoms with Gasteiger partial charge >= 0.3 is 0 Å². The molecule has 0 spiro atoms. The number of aromatic nitrogens is 1. The molecule has 5 nitrogen and oxygen atoms in total. The Morgan fingerprint density at radius 2 is 1.94 bits per heavy atom. The highest BCUT2D eigenvalue weighted by molar-refractivity contribution is 5.97. The van der Waals surface area contributed by atoms with Gasteiger partial charge in [-0.05, 0) is 25.0 Å². The number of rotatable bonds is 1. The maximum atomic E-state index is 12.2. The standard InChI is InChI=1S/C12H13N3O2/c1-6-3-4-7(2)10-9(6)11(16)8(5-14-10)12(17)15-13/h3-5H,13H2,1-2H3,(H,14,16)(H,15,17). The fourth-order valence-corrected chi connectivity index (χ4v) is 1.88. The van der Waals surface area contributed by atoms with E-state index in [-0.39, 0.29) is 11.0 Å². The summed E-state index contributed by atoms with van der Waals surface area (Å²) in [4.78, 5) is 26.6. The number of hydrogen-bond donors (Lipinski definition) is 3. The summed E-state index contributed by atoms with van der Waals surface area (Å²) in [5.74, 6) is 4.44. The molecule has 0 atom stereocenters. The third kappa shape index (κ3) is 1.70. The van der Waals surface area contributed by atoms with E-state index in [0.29, 0.717) is 5.39 Å². The van der Waals surface area contributed by atoms with Gasteiger partial charge in [0.1, 0.15) is 5.56 Å². The molecule has 2 aromatic rings. The number of hydrazine groups is 1. The SMILES string of the molecule is Cc1ccc(C)c2c(=O)c(C(=O)NN)c[nH]c12. The molecule has 0 fully saturated rings. The molecule has 1 heterocycles. The van der Waals surface area contributed by atoms with Crippen molar-refractivity contribution >= 4 is 16.8 Å². The molecule has 2 rings (SSSR count). The first kappa shape index (κ1) is 11.3. The number of pyridine rings is 1. The molecule has 0 aliphatic rings. The van der Waals surface area contributed by atoms with Crippen molar-refractivity contribution in [2.75, 3.05) is 0 Å². The van der Waals surface area contributed by atoms with E-state index in [1.54, 1.807) is 0 Å². The van der Waals surface area contributed by atoms with Crippen LogP contribution in [0.15, 0.2) is 23.1 Å². The van der Waals surface area contributed by atoms with Crippen molar-refractivity contribution in [1.82, 2.24) is 10.4 Å². The van der Waals surface area contributed by atoms with Crippen molar-refractivity contribution in [3.05, 3.63) is 45.2 Å². The average molecular weight is 231 g/mol. The largest absolute Gasteiger partial charge is 0.360 e. The number of carbonyl (C=O) groups is 1. The lowest BCUT2D eigenvalue weighted by Crippen LogP contribution is -2.34. The first-order chi connectivity index (χ1) is 8.06. The summed E-state index contributed by atoms with van der Waals surface area (Å²) in [5.41, 5.74) is 4.23. The number of fused-ring (bicyclic) bond motifs is 1.